The molecule has 8 nitrogen and oxygen atoms in total. The number of fused-ring (bicyclic) bond motifs is 1. The van der Waals surface area contributed by atoms with Crippen LogP contribution in [0.25, 0.3) is 11.2 Å². The molecule has 8 heteroatoms. The third-order valence-corrected chi connectivity index (χ3v) is 5.24. The standard InChI is InChI=1S/C16H23N7O/c1-21-15-14(19-20-21)16(18-11-17-15)23-8-6-22(7-9-23)13(24)10-12-4-2-3-5-12/h11-12H,2-10H2,1H3. The van der Waals surface area contributed by atoms with Crippen LogP contribution in [0.15, 0.2) is 6.33 Å². The van der Waals surface area contributed by atoms with Gasteiger partial charge in [-0.2, -0.15) is 0 Å². The molecule has 1 aliphatic heterocycles. The summed E-state index contributed by atoms with van der Waals surface area (Å²) in [6.07, 6.45) is 7.29. The van der Waals surface area contributed by atoms with Crippen LogP contribution < -0.4 is 4.90 Å². The maximum Gasteiger partial charge on any atom is 0.222 e. The molecule has 4 rings (SSSR count). The van der Waals surface area contributed by atoms with Gasteiger partial charge < -0.3 is 9.80 Å². The molecule has 0 N–H and O–H groups in total. The van der Waals surface area contributed by atoms with Crippen molar-refractivity contribution < 1.29 is 4.79 Å². The maximum atomic E-state index is 12.5. The number of aromatic nitrogens is 5. The van der Waals surface area contributed by atoms with Gasteiger partial charge in [-0.3, -0.25) is 4.79 Å². The minimum atomic E-state index is 0.314. The zero-order valence-corrected chi connectivity index (χ0v) is 14.1. The Morgan fingerprint density at radius 2 is 1.92 bits per heavy atom. The molecule has 0 radical (unpaired) electrons. The Kier molecular flexibility index (Phi) is 4.03. The van der Waals surface area contributed by atoms with Crippen molar-refractivity contribution in [3.8, 4) is 0 Å². The average Bonchev–Trinajstić information content (AvgIpc) is 3.25. The van der Waals surface area contributed by atoms with E-state index in [1.54, 1.807) is 11.0 Å². The second kappa shape index (κ2) is 6.33. The first-order chi connectivity index (χ1) is 11.7. The number of piperazine rings is 1. The van der Waals surface area contributed by atoms with Crippen molar-refractivity contribution >= 4 is 22.9 Å². The van der Waals surface area contributed by atoms with Crippen molar-refractivity contribution in [1.82, 2.24) is 29.9 Å². The Bertz CT molecular complexity index is 729. The van der Waals surface area contributed by atoms with Crippen molar-refractivity contribution in [2.24, 2.45) is 13.0 Å². The highest BCUT2D eigenvalue weighted by molar-refractivity contribution is 5.83. The van der Waals surface area contributed by atoms with E-state index in [0.29, 0.717) is 11.8 Å². The fourth-order valence-corrected chi connectivity index (χ4v) is 3.83. The molecule has 0 bridgehead atoms. The highest BCUT2D eigenvalue weighted by Crippen LogP contribution is 2.28. The number of hydrogen-bond acceptors (Lipinski definition) is 6. The van der Waals surface area contributed by atoms with E-state index in [1.807, 2.05) is 11.9 Å². The fourth-order valence-electron chi connectivity index (χ4n) is 3.83. The first-order valence-electron chi connectivity index (χ1n) is 8.75. The molecule has 24 heavy (non-hydrogen) atoms. The van der Waals surface area contributed by atoms with Crippen molar-refractivity contribution in [3.05, 3.63) is 6.33 Å². The topological polar surface area (TPSA) is 80.0 Å². The average molecular weight is 329 g/mol. The predicted octanol–water partition coefficient (Wildman–Crippen LogP) is 0.987. The van der Waals surface area contributed by atoms with Crippen LogP contribution in [0.2, 0.25) is 0 Å². The van der Waals surface area contributed by atoms with Gasteiger partial charge in [0.15, 0.2) is 17.0 Å². The molecule has 1 amide bonds. The second-order valence-corrected chi connectivity index (χ2v) is 6.80. The number of rotatable bonds is 3. The molecule has 1 aliphatic carbocycles. The van der Waals surface area contributed by atoms with E-state index in [9.17, 15) is 4.79 Å². The lowest BCUT2D eigenvalue weighted by Crippen LogP contribution is -2.49. The molecular weight excluding hydrogens is 306 g/mol. The summed E-state index contributed by atoms with van der Waals surface area (Å²) in [5.74, 6) is 1.74. The number of nitrogens with zero attached hydrogens (tertiary/aromatic N) is 7. The Morgan fingerprint density at radius 1 is 1.17 bits per heavy atom. The number of aryl methyl sites for hydroxylation is 1. The van der Waals surface area contributed by atoms with Crippen LogP contribution in [0.4, 0.5) is 5.82 Å². The van der Waals surface area contributed by atoms with Crippen LogP contribution in [-0.4, -0.2) is 61.9 Å². The van der Waals surface area contributed by atoms with Gasteiger partial charge in [0, 0.05) is 39.6 Å². The minimum absolute atomic E-state index is 0.314. The number of anilines is 1. The van der Waals surface area contributed by atoms with Gasteiger partial charge in [-0.15, -0.1) is 5.10 Å². The van der Waals surface area contributed by atoms with Crippen molar-refractivity contribution in [3.63, 3.8) is 0 Å². The Morgan fingerprint density at radius 3 is 2.67 bits per heavy atom. The van der Waals surface area contributed by atoms with Crippen molar-refractivity contribution in [2.75, 3.05) is 31.1 Å². The molecule has 0 spiro atoms. The van der Waals surface area contributed by atoms with Gasteiger partial charge in [0.05, 0.1) is 0 Å². The first-order valence-corrected chi connectivity index (χ1v) is 8.75. The van der Waals surface area contributed by atoms with E-state index in [0.717, 1.165) is 49.6 Å². The fraction of sp³-hybridized carbons (Fsp3) is 0.688. The van der Waals surface area contributed by atoms with Crippen LogP contribution >= 0.6 is 0 Å². The van der Waals surface area contributed by atoms with Gasteiger partial charge in [0.25, 0.3) is 0 Å². The number of carbonyl (C=O) groups is 1. The predicted molar refractivity (Wildman–Crippen MR) is 89.5 cm³/mol. The SMILES string of the molecule is Cn1nnc2c(N3CCN(C(=O)CC4CCCC4)CC3)ncnc21. The summed E-state index contributed by atoms with van der Waals surface area (Å²) in [5, 5.41) is 8.21. The minimum Gasteiger partial charge on any atom is -0.351 e. The highest BCUT2D eigenvalue weighted by atomic mass is 16.2. The quantitative estimate of drug-likeness (QED) is 0.835. The number of amides is 1. The zero-order valence-electron chi connectivity index (χ0n) is 14.1. The van der Waals surface area contributed by atoms with Crippen molar-refractivity contribution in [2.45, 2.75) is 32.1 Å². The highest BCUT2D eigenvalue weighted by Gasteiger charge is 2.26. The van der Waals surface area contributed by atoms with Crippen molar-refractivity contribution in [1.29, 1.82) is 0 Å². The van der Waals surface area contributed by atoms with Crippen LogP contribution in [-0.2, 0) is 11.8 Å². The van der Waals surface area contributed by atoms with Gasteiger partial charge in [-0.1, -0.05) is 18.1 Å². The lowest BCUT2D eigenvalue weighted by Gasteiger charge is -2.35. The molecule has 1 saturated heterocycles. The summed E-state index contributed by atoms with van der Waals surface area (Å²) in [6, 6.07) is 0. The van der Waals surface area contributed by atoms with Crippen LogP contribution in [0.1, 0.15) is 32.1 Å². The van der Waals surface area contributed by atoms with Gasteiger partial charge in [0.2, 0.25) is 5.91 Å². The van der Waals surface area contributed by atoms with Crippen LogP contribution in [0.3, 0.4) is 0 Å². The lowest BCUT2D eigenvalue weighted by atomic mass is 10.0. The molecule has 1 saturated carbocycles. The summed E-state index contributed by atoms with van der Waals surface area (Å²) in [4.78, 5) is 25.3. The molecule has 0 atom stereocenters. The van der Waals surface area contributed by atoms with E-state index in [4.69, 9.17) is 0 Å². The first kappa shape index (κ1) is 15.3. The van der Waals surface area contributed by atoms with Gasteiger partial charge >= 0.3 is 0 Å². The summed E-state index contributed by atoms with van der Waals surface area (Å²) < 4.78 is 1.65. The number of carbonyl (C=O) groups excluding carboxylic acids is 1. The summed E-state index contributed by atoms with van der Waals surface area (Å²) in [5.41, 5.74) is 1.46. The van der Waals surface area contributed by atoms with E-state index in [-0.39, 0.29) is 0 Å². The molecule has 0 aromatic carbocycles. The maximum absolute atomic E-state index is 12.5. The number of hydrogen-bond donors (Lipinski definition) is 0. The van der Waals surface area contributed by atoms with E-state index in [1.165, 1.54) is 25.7 Å². The van der Waals surface area contributed by atoms with Crippen LogP contribution in [0.5, 0.6) is 0 Å². The molecule has 2 aromatic rings. The monoisotopic (exact) mass is 329 g/mol. The second-order valence-electron chi connectivity index (χ2n) is 6.80. The normalized spacial score (nSPS) is 19.4. The molecular formula is C16H23N7O. The Labute approximate surface area is 140 Å². The van der Waals surface area contributed by atoms with Crippen LogP contribution in [0, 0.1) is 5.92 Å². The molecule has 2 fully saturated rings. The van der Waals surface area contributed by atoms with E-state index < -0.39 is 0 Å². The molecule has 2 aliphatic rings. The molecule has 3 heterocycles. The van der Waals surface area contributed by atoms with Gasteiger partial charge in [-0.25, -0.2) is 14.6 Å². The molecule has 0 unspecified atom stereocenters. The summed E-state index contributed by atoms with van der Waals surface area (Å²) in [7, 11) is 1.83. The van der Waals surface area contributed by atoms with E-state index in [2.05, 4.69) is 25.2 Å². The third-order valence-electron chi connectivity index (χ3n) is 5.24. The molecule has 2 aromatic heterocycles. The third kappa shape index (κ3) is 2.81. The Hall–Kier alpha value is -2.25. The summed E-state index contributed by atoms with van der Waals surface area (Å²) in [6.45, 7) is 3.05. The summed E-state index contributed by atoms with van der Waals surface area (Å²) >= 11 is 0. The largest absolute Gasteiger partial charge is 0.351 e. The smallest absolute Gasteiger partial charge is 0.222 e. The van der Waals surface area contributed by atoms with Gasteiger partial charge in [0.1, 0.15) is 6.33 Å². The van der Waals surface area contributed by atoms with E-state index >= 15 is 0 Å². The molecule has 128 valence electrons. The lowest BCUT2D eigenvalue weighted by molar-refractivity contribution is -0.132. The Balaban J connectivity index is 1.41. The zero-order chi connectivity index (χ0) is 16.5. The van der Waals surface area contributed by atoms with Gasteiger partial charge in [-0.05, 0) is 18.8 Å².